The summed E-state index contributed by atoms with van der Waals surface area (Å²) < 4.78 is 4.95. The Morgan fingerprint density at radius 3 is 2.58 bits per heavy atom. The summed E-state index contributed by atoms with van der Waals surface area (Å²) in [6.45, 7) is 1.36. The molecule has 0 aliphatic heterocycles. The largest absolute Gasteiger partial charge is 0.456 e. The molecule has 136 valence electrons. The fourth-order valence-electron chi connectivity index (χ4n) is 2.30. The number of amides is 1. The normalized spacial score (nSPS) is 11.5. The first-order valence-electron chi connectivity index (χ1n) is 7.81. The van der Waals surface area contributed by atoms with Crippen molar-refractivity contribution in [3.8, 4) is 0 Å². The molecule has 26 heavy (non-hydrogen) atoms. The summed E-state index contributed by atoms with van der Waals surface area (Å²) in [5.41, 5.74) is 0.638. The third-order valence-electron chi connectivity index (χ3n) is 3.64. The van der Waals surface area contributed by atoms with Crippen molar-refractivity contribution < 1.29 is 19.2 Å². The Balaban J connectivity index is 1.87. The smallest absolute Gasteiger partial charge is 0.306 e. The number of benzene rings is 2. The van der Waals surface area contributed by atoms with Gasteiger partial charge in [-0.3, -0.25) is 19.7 Å². The molecule has 0 radical (unpaired) electrons. The number of hydrogen-bond acceptors (Lipinski definition) is 5. The zero-order chi connectivity index (χ0) is 19.1. The number of rotatable bonds is 7. The third-order valence-corrected chi connectivity index (χ3v) is 3.87. The van der Waals surface area contributed by atoms with Crippen LogP contribution in [0.25, 0.3) is 0 Å². The van der Waals surface area contributed by atoms with Gasteiger partial charge in [-0.1, -0.05) is 48.9 Å². The van der Waals surface area contributed by atoms with Gasteiger partial charge < -0.3 is 10.1 Å². The van der Waals surface area contributed by atoms with E-state index in [2.05, 4.69) is 5.32 Å². The first-order chi connectivity index (χ1) is 12.4. The second kappa shape index (κ2) is 8.96. The zero-order valence-corrected chi connectivity index (χ0v) is 14.7. The Bertz CT molecular complexity index is 810. The van der Waals surface area contributed by atoms with Crippen molar-refractivity contribution >= 4 is 34.9 Å². The lowest BCUT2D eigenvalue weighted by Crippen LogP contribution is -2.22. The number of esters is 1. The quantitative estimate of drug-likeness (QED) is 0.448. The number of nitrogens with one attached hydrogen (secondary N) is 1. The predicted molar refractivity (Wildman–Crippen MR) is 97.2 cm³/mol. The Kier molecular flexibility index (Phi) is 6.68. The van der Waals surface area contributed by atoms with E-state index in [1.54, 1.807) is 0 Å². The molecule has 0 fully saturated rings. The van der Waals surface area contributed by atoms with E-state index in [-0.39, 0.29) is 28.7 Å². The molecule has 2 rings (SSSR count). The van der Waals surface area contributed by atoms with Gasteiger partial charge in [-0.25, -0.2) is 0 Å². The number of halogens is 1. The Hall–Kier alpha value is -2.93. The van der Waals surface area contributed by atoms with Crippen LogP contribution >= 0.6 is 11.6 Å². The molecule has 0 spiro atoms. The maximum absolute atomic E-state index is 11.9. The molecule has 0 unspecified atom stereocenters. The molecule has 0 aliphatic carbocycles. The van der Waals surface area contributed by atoms with Crippen molar-refractivity contribution in [2.45, 2.75) is 19.3 Å². The third kappa shape index (κ3) is 5.56. The maximum Gasteiger partial charge on any atom is 0.306 e. The lowest BCUT2D eigenvalue weighted by molar-refractivity contribution is -0.383. The highest BCUT2D eigenvalue weighted by Crippen LogP contribution is 2.27. The van der Waals surface area contributed by atoms with Crippen molar-refractivity contribution in [3.63, 3.8) is 0 Å². The molecular weight excluding hydrogens is 360 g/mol. The van der Waals surface area contributed by atoms with Gasteiger partial charge in [0.1, 0.15) is 5.69 Å². The maximum atomic E-state index is 11.9. The Labute approximate surface area is 155 Å². The van der Waals surface area contributed by atoms with Gasteiger partial charge in [0.15, 0.2) is 6.61 Å². The minimum Gasteiger partial charge on any atom is -0.456 e. The van der Waals surface area contributed by atoms with Gasteiger partial charge in [-0.05, 0) is 23.6 Å². The van der Waals surface area contributed by atoms with Crippen LogP contribution in [0.2, 0.25) is 5.02 Å². The molecule has 0 aromatic heterocycles. The van der Waals surface area contributed by atoms with Crippen LogP contribution in [0.3, 0.4) is 0 Å². The van der Waals surface area contributed by atoms with Gasteiger partial charge in [0.05, 0.1) is 11.3 Å². The average Bonchev–Trinajstić information content (AvgIpc) is 2.62. The van der Waals surface area contributed by atoms with Gasteiger partial charge in [-0.2, -0.15) is 0 Å². The van der Waals surface area contributed by atoms with Crippen LogP contribution in [0.4, 0.5) is 11.4 Å². The molecule has 7 nitrogen and oxygen atoms in total. The molecular formula is C18H17ClN2O5. The average molecular weight is 377 g/mol. The summed E-state index contributed by atoms with van der Waals surface area (Å²) in [6.07, 6.45) is 0.123. The van der Waals surface area contributed by atoms with Crippen molar-refractivity contribution in [1.82, 2.24) is 0 Å². The SMILES string of the molecule is C[C@@H](CC(=O)OCC(=O)Nc1ccc(Cl)cc1[N+](=O)[O-])c1ccccc1. The summed E-state index contributed by atoms with van der Waals surface area (Å²) in [5, 5.41) is 13.5. The van der Waals surface area contributed by atoms with Crippen LogP contribution in [0.15, 0.2) is 48.5 Å². The van der Waals surface area contributed by atoms with Gasteiger partial charge in [0.25, 0.3) is 11.6 Å². The molecule has 2 aromatic rings. The van der Waals surface area contributed by atoms with Crippen LogP contribution in [-0.4, -0.2) is 23.4 Å². The number of carbonyl (C=O) groups excluding carboxylic acids is 2. The first-order valence-corrected chi connectivity index (χ1v) is 8.19. The summed E-state index contributed by atoms with van der Waals surface area (Å²) in [5.74, 6) is -1.25. The van der Waals surface area contributed by atoms with Crippen LogP contribution in [0.1, 0.15) is 24.8 Å². The summed E-state index contributed by atoms with van der Waals surface area (Å²) in [4.78, 5) is 34.1. The van der Waals surface area contributed by atoms with Crippen molar-refractivity contribution in [1.29, 1.82) is 0 Å². The highest BCUT2D eigenvalue weighted by atomic mass is 35.5. The highest BCUT2D eigenvalue weighted by molar-refractivity contribution is 6.31. The standard InChI is InChI=1S/C18H17ClN2O5/c1-12(13-5-3-2-4-6-13)9-18(23)26-11-17(22)20-15-8-7-14(19)10-16(15)21(24)25/h2-8,10,12H,9,11H2,1H3,(H,20,22)/t12-/m0/s1. The van der Waals surface area contributed by atoms with Crippen molar-refractivity contribution in [3.05, 3.63) is 69.2 Å². The highest BCUT2D eigenvalue weighted by Gasteiger charge is 2.18. The molecule has 8 heteroatoms. The van der Waals surface area contributed by atoms with E-state index >= 15 is 0 Å². The van der Waals surface area contributed by atoms with Gasteiger partial charge >= 0.3 is 5.97 Å². The van der Waals surface area contributed by atoms with Gasteiger partial charge in [0, 0.05) is 11.1 Å². The summed E-state index contributed by atoms with van der Waals surface area (Å²) in [6, 6.07) is 13.3. The first kappa shape index (κ1) is 19.4. The van der Waals surface area contributed by atoms with E-state index < -0.39 is 23.4 Å². The molecule has 2 aromatic carbocycles. The lowest BCUT2D eigenvalue weighted by Gasteiger charge is -2.11. The number of nitro benzene ring substituents is 1. The lowest BCUT2D eigenvalue weighted by atomic mass is 9.98. The molecule has 1 N–H and O–H groups in total. The van der Waals surface area contributed by atoms with Crippen molar-refractivity contribution in [2.75, 3.05) is 11.9 Å². The molecule has 1 amide bonds. The Morgan fingerprint density at radius 2 is 1.92 bits per heavy atom. The minimum absolute atomic E-state index is 0.0156. The molecule has 0 aliphatic rings. The molecule has 0 saturated carbocycles. The molecule has 0 saturated heterocycles. The summed E-state index contributed by atoms with van der Waals surface area (Å²) >= 11 is 5.71. The molecule has 0 bridgehead atoms. The van der Waals surface area contributed by atoms with E-state index in [9.17, 15) is 19.7 Å². The Morgan fingerprint density at radius 1 is 1.23 bits per heavy atom. The summed E-state index contributed by atoms with van der Waals surface area (Å²) in [7, 11) is 0. The second-order valence-electron chi connectivity index (χ2n) is 5.64. The number of nitro groups is 1. The van der Waals surface area contributed by atoms with E-state index in [0.29, 0.717) is 0 Å². The van der Waals surface area contributed by atoms with Gasteiger partial charge in [-0.15, -0.1) is 0 Å². The van der Waals surface area contributed by atoms with E-state index in [0.717, 1.165) is 11.6 Å². The fraction of sp³-hybridized carbons (Fsp3) is 0.222. The molecule has 0 heterocycles. The van der Waals surface area contributed by atoms with Crippen LogP contribution < -0.4 is 5.32 Å². The number of ether oxygens (including phenoxy) is 1. The second-order valence-corrected chi connectivity index (χ2v) is 6.08. The van der Waals surface area contributed by atoms with Crippen LogP contribution in [0.5, 0.6) is 0 Å². The van der Waals surface area contributed by atoms with Crippen LogP contribution in [0, 0.1) is 10.1 Å². The minimum atomic E-state index is -0.670. The van der Waals surface area contributed by atoms with Crippen molar-refractivity contribution in [2.24, 2.45) is 0 Å². The van der Waals surface area contributed by atoms with Crippen LogP contribution in [-0.2, 0) is 14.3 Å². The zero-order valence-electron chi connectivity index (χ0n) is 14.0. The molecule has 1 atom stereocenters. The van der Waals surface area contributed by atoms with E-state index in [4.69, 9.17) is 16.3 Å². The monoisotopic (exact) mass is 376 g/mol. The van der Waals surface area contributed by atoms with Gasteiger partial charge in [0.2, 0.25) is 0 Å². The van der Waals surface area contributed by atoms with E-state index in [1.807, 2.05) is 37.3 Å². The topological polar surface area (TPSA) is 98.5 Å². The van der Waals surface area contributed by atoms with E-state index in [1.165, 1.54) is 12.1 Å². The number of nitrogens with zero attached hydrogens (tertiary/aromatic N) is 1. The predicted octanol–water partition coefficient (Wildman–Crippen LogP) is 3.92. The number of hydrogen-bond donors (Lipinski definition) is 1. The number of anilines is 1. The fourth-order valence-corrected chi connectivity index (χ4v) is 2.47. The number of carbonyl (C=O) groups is 2.